The van der Waals surface area contributed by atoms with Crippen LogP contribution in [0.2, 0.25) is 0 Å². The Labute approximate surface area is 151 Å². The Hall–Kier alpha value is -2.09. The number of aryl methyl sites for hydroxylation is 1. The molecule has 2 aromatic carbocycles. The molecule has 1 aliphatic carbocycles. The predicted molar refractivity (Wildman–Crippen MR) is 107 cm³/mol. The van der Waals surface area contributed by atoms with Crippen molar-refractivity contribution in [3.05, 3.63) is 53.1 Å². The molecule has 1 N–H and O–H groups in total. The number of nitrogens with zero attached hydrogens (tertiary/aromatic N) is 1. The zero-order valence-electron chi connectivity index (χ0n) is 15.6. The van der Waals surface area contributed by atoms with Gasteiger partial charge in [0, 0.05) is 23.4 Å². The molecular formula is C23H29NO. The first-order valence-corrected chi connectivity index (χ1v) is 9.51. The van der Waals surface area contributed by atoms with Crippen molar-refractivity contribution in [1.29, 1.82) is 0 Å². The molecule has 0 heterocycles. The highest BCUT2D eigenvalue weighted by molar-refractivity contribution is 5.89. The highest BCUT2D eigenvalue weighted by Crippen LogP contribution is 2.34. The van der Waals surface area contributed by atoms with Gasteiger partial charge in [-0.1, -0.05) is 57.4 Å². The van der Waals surface area contributed by atoms with Crippen LogP contribution in [0, 0.1) is 6.92 Å². The fraction of sp³-hybridized carbons (Fsp3) is 0.435. The Kier molecular flexibility index (Phi) is 5.57. The summed E-state index contributed by atoms with van der Waals surface area (Å²) in [7, 11) is 0. The van der Waals surface area contributed by atoms with Crippen molar-refractivity contribution in [2.75, 3.05) is 0 Å². The molecule has 0 aliphatic heterocycles. The van der Waals surface area contributed by atoms with Gasteiger partial charge < -0.3 is 5.11 Å². The molecule has 0 unspecified atom stereocenters. The zero-order valence-corrected chi connectivity index (χ0v) is 15.6. The normalized spacial score (nSPS) is 16.0. The second-order valence-electron chi connectivity index (χ2n) is 7.60. The number of aromatic hydroxyl groups is 1. The van der Waals surface area contributed by atoms with E-state index in [0.29, 0.717) is 17.7 Å². The summed E-state index contributed by atoms with van der Waals surface area (Å²) in [5, 5.41) is 10.8. The summed E-state index contributed by atoms with van der Waals surface area (Å²) < 4.78 is 0. The number of phenols is 1. The fourth-order valence-corrected chi connectivity index (χ4v) is 3.59. The summed E-state index contributed by atoms with van der Waals surface area (Å²) in [5.41, 5.74) is 5.23. The Balaban J connectivity index is 1.90. The van der Waals surface area contributed by atoms with Crippen LogP contribution in [0.3, 0.4) is 0 Å². The summed E-state index contributed by atoms with van der Waals surface area (Å²) >= 11 is 0. The highest BCUT2D eigenvalue weighted by Gasteiger charge is 2.13. The van der Waals surface area contributed by atoms with Crippen LogP contribution < -0.4 is 0 Å². The number of phenolic OH excluding ortho intramolecular Hbond substituents is 1. The maximum absolute atomic E-state index is 10.8. The summed E-state index contributed by atoms with van der Waals surface area (Å²) in [4.78, 5) is 4.74. The SMILES string of the molecule is Cc1cc(C=NC2CCCCC2)c(O)c(-c2ccc(C(C)C)cc2)c1. The summed E-state index contributed by atoms with van der Waals surface area (Å²) in [5.74, 6) is 0.848. The molecule has 0 atom stereocenters. The van der Waals surface area contributed by atoms with Crippen LogP contribution in [0.1, 0.15) is 68.6 Å². The average Bonchev–Trinajstić information content (AvgIpc) is 2.63. The molecule has 2 aromatic rings. The lowest BCUT2D eigenvalue weighted by Crippen LogP contribution is -2.09. The summed E-state index contributed by atoms with van der Waals surface area (Å²) in [6, 6.07) is 13.0. The van der Waals surface area contributed by atoms with Crippen molar-refractivity contribution >= 4 is 6.21 Å². The first kappa shape index (κ1) is 17.7. The number of hydrogen-bond donors (Lipinski definition) is 1. The van der Waals surface area contributed by atoms with Gasteiger partial charge in [0.1, 0.15) is 5.75 Å². The second kappa shape index (κ2) is 7.86. The van der Waals surface area contributed by atoms with E-state index in [1.54, 1.807) is 0 Å². The minimum absolute atomic E-state index is 0.336. The van der Waals surface area contributed by atoms with Gasteiger partial charge in [-0.2, -0.15) is 0 Å². The number of benzene rings is 2. The van der Waals surface area contributed by atoms with Crippen LogP contribution in [0.4, 0.5) is 0 Å². The third-order valence-corrected chi connectivity index (χ3v) is 5.17. The van der Waals surface area contributed by atoms with E-state index in [1.807, 2.05) is 12.3 Å². The van der Waals surface area contributed by atoms with Gasteiger partial charge in [-0.05, 0) is 54.5 Å². The molecule has 1 aliphatic rings. The Morgan fingerprint density at radius 3 is 2.36 bits per heavy atom. The maximum atomic E-state index is 10.8. The van der Waals surface area contributed by atoms with Crippen LogP contribution >= 0.6 is 0 Å². The Morgan fingerprint density at radius 1 is 1.04 bits per heavy atom. The first-order valence-electron chi connectivity index (χ1n) is 9.51. The standard InChI is InChI=1S/C23H29NO/c1-16(2)18-9-11-19(12-10-18)22-14-17(3)13-20(23(22)25)15-24-21-7-5-4-6-8-21/h9-16,21,25H,4-8H2,1-3H3. The molecule has 0 aromatic heterocycles. The van der Waals surface area contributed by atoms with E-state index in [1.165, 1.54) is 37.7 Å². The van der Waals surface area contributed by atoms with Crippen molar-refractivity contribution < 1.29 is 5.11 Å². The zero-order chi connectivity index (χ0) is 17.8. The molecule has 0 amide bonds. The van der Waals surface area contributed by atoms with Gasteiger partial charge in [0.05, 0.1) is 0 Å². The molecule has 0 saturated heterocycles. The van der Waals surface area contributed by atoms with Crippen LogP contribution in [-0.4, -0.2) is 17.4 Å². The van der Waals surface area contributed by atoms with Gasteiger partial charge in [0.2, 0.25) is 0 Å². The third-order valence-electron chi connectivity index (χ3n) is 5.17. The molecule has 0 radical (unpaired) electrons. The fourth-order valence-electron chi connectivity index (χ4n) is 3.59. The number of hydrogen-bond acceptors (Lipinski definition) is 2. The van der Waals surface area contributed by atoms with E-state index in [9.17, 15) is 5.11 Å². The Bertz CT molecular complexity index is 737. The summed E-state index contributed by atoms with van der Waals surface area (Å²) in [6.45, 7) is 6.46. The van der Waals surface area contributed by atoms with Crippen molar-refractivity contribution in [2.24, 2.45) is 4.99 Å². The lowest BCUT2D eigenvalue weighted by atomic mass is 9.95. The van der Waals surface area contributed by atoms with Gasteiger partial charge >= 0.3 is 0 Å². The van der Waals surface area contributed by atoms with E-state index >= 15 is 0 Å². The lowest BCUT2D eigenvalue weighted by molar-refractivity contribution is 0.444. The third kappa shape index (κ3) is 4.31. The predicted octanol–water partition coefficient (Wildman–Crippen LogP) is 6.24. The number of rotatable bonds is 4. The van der Waals surface area contributed by atoms with Crippen LogP contribution in [0.5, 0.6) is 5.75 Å². The summed E-state index contributed by atoms with van der Waals surface area (Å²) in [6.07, 6.45) is 8.10. The molecule has 25 heavy (non-hydrogen) atoms. The van der Waals surface area contributed by atoms with Gasteiger partial charge in [0.15, 0.2) is 0 Å². The molecule has 132 valence electrons. The van der Waals surface area contributed by atoms with Crippen molar-refractivity contribution in [3.63, 3.8) is 0 Å². The van der Waals surface area contributed by atoms with E-state index in [0.717, 1.165) is 22.3 Å². The maximum Gasteiger partial charge on any atom is 0.132 e. The largest absolute Gasteiger partial charge is 0.507 e. The van der Waals surface area contributed by atoms with Gasteiger partial charge in [-0.15, -0.1) is 0 Å². The van der Waals surface area contributed by atoms with Gasteiger partial charge in [-0.25, -0.2) is 0 Å². The second-order valence-corrected chi connectivity index (χ2v) is 7.60. The average molecular weight is 335 g/mol. The number of aliphatic imine (C=N–C) groups is 1. The first-order chi connectivity index (χ1) is 12.0. The van der Waals surface area contributed by atoms with Crippen LogP contribution in [0.25, 0.3) is 11.1 Å². The minimum Gasteiger partial charge on any atom is -0.507 e. The molecule has 1 fully saturated rings. The van der Waals surface area contributed by atoms with Crippen LogP contribution in [-0.2, 0) is 0 Å². The topological polar surface area (TPSA) is 32.6 Å². The van der Waals surface area contributed by atoms with Gasteiger partial charge in [-0.3, -0.25) is 4.99 Å². The minimum atomic E-state index is 0.336. The molecule has 1 saturated carbocycles. The highest BCUT2D eigenvalue weighted by atomic mass is 16.3. The van der Waals surface area contributed by atoms with E-state index in [2.05, 4.69) is 51.1 Å². The van der Waals surface area contributed by atoms with Crippen molar-refractivity contribution in [3.8, 4) is 16.9 Å². The van der Waals surface area contributed by atoms with Crippen molar-refractivity contribution in [2.45, 2.75) is 64.8 Å². The van der Waals surface area contributed by atoms with E-state index in [-0.39, 0.29) is 0 Å². The quantitative estimate of drug-likeness (QED) is 0.659. The molecule has 2 nitrogen and oxygen atoms in total. The van der Waals surface area contributed by atoms with Gasteiger partial charge in [0.25, 0.3) is 0 Å². The van der Waals surface area contributed by atoms with E-state index < -0.39 is 0 Å². The molecular weight excluding hydrogens is 306 g/mol. The molecule has 2 heteroatoms. The molecule has 0 bridgehead atoms. The Morgan fingerprint density at radius 2 is 1.72 bits per heavy atom. The lowest BCUT2D eigenvalue weighted by Gasteiger charge is -2.17. The van der Waals surface area contributed by atoms with Crippen LogP contribution in [0.15, 0.2) is 41.4 Å². The monoisotopic (exact) mass is 335 g/mol. The smallest absolute Gasteiger partial charge is 0.132 e. The molecule has 0 spiro atoms. The van der Waals surface area contributed by atoms with E-state index in [4.69, 9.17) is 4.99 Å². The van der Waals surface area contributed by atoms with Crippen molar-refractivity contribution in [1.82, 2.24) is 0 Å². The molecule has 3 rings (SSSR count).